The first-order chi connectivity index (χ1) is 11.7. The lowest BCUT2D eigenvalue weighted by Crippen LogP contribution is -2.29. The molecule has 2 aliphatic rings. The highest BCUT2D eigenvalue weighted by molar-refractivity contribution is 6.23. The third-order valence-corrected chi connectivity index (χ3v) is 5.37. The van der Waals surface area contributed by atoms with Crippen LogP contribution in [0.15, 0.2) is 16.5 Å². The van der Waals surface area contributed by atoms with E-state index < -0.39 is 0 Å². The van der Waals surface area contributed by atoms with Crippen molar-refractivity contribution in [1.82, 2.24) is 0 Å². The number of hydrogen-bond acceptors (Lipinski definition) is 4. The van der Waals surface area contributed by atoms with Crippen molar-refractivity contribution in [1.29, 1.82) is 0 Å². The first-order valence-corrected chi connectivity index (χ1v) is 9.81. The topological polar surface area (TPSA) is 58.9 Å². The van der Waals surface area contributed by atoms with Crippen LogP contribution in [0.4, 0.5) is 0 Å². The van der Waals surface area contributed by atoms with Crippen molar-refractivity contribution in [3.05, 3.63) is 11.3 Å². The van der Waals surface area contributed by atoms with E-state index in [9.17, 15) is 9.90 Å². The predicted molar refractivity (Wildman–Crippen MR) is 97.2 cm³/mol. The third kappa shape index (κ3) is 5.09. The average Bonchev–Trinajstić information content (AvgIpc) is 2.51. The van der Waals surface area contributed by atoms with Crippen LogP contribution in [0, 0.1) is 11.8 Å². The number of oxime groups is 1. The lowest BCUT2D eigenvalue weighted by Gasteiger charge is -2.31. The maximum atomic E-state index is 12.7. The van der Waals surface area contributed by atoms with Crippen LogP contribution >= 0.6 is 0 Å². The molecule has 1 atom stereocenters. The molecule has 0 radical (unpaired) electrons. The van der Waals surface area contributed by atoms with E-state index in [4.69, 9.17) is 4.84 Å². The SMILES string of the molecule is CCC/C(=N/OCC)C1=C(O)CC(C2CCCCCCC2)CC1=O. The second-order valence-corrected chi connectivity index (χ2v) is 7.22. The van der Waals surface area contributed by atoms with Gasteiger partial charge in [-0.3, -0.25) is 4.79 Å². The summed E-state index contributed by atoms with van der Waals surface area (Å²) in [5.41, 5.74) is 1.06. The summed E-state index contributed by atoms with van der Waals surface area (Å²) in [5.74, 6) is 1.17. The molecule has 0 aliphatic heterocycles. The first kappa shape index (κ1) is 19.0. The largest absolute Gasteiger partial charge is 0.511 e. The van der Waals surface area contributed by atoms with Crippen LogP contribution in [-0.2, 0) is 9.63 Å². The van der Waals surface area contributed by atoms with Crippen LogP contribution in [0.5, 0.6) is 0 Å². The number of nitrogens with zero attached hydrogens (tertiary/aromatic N) is 1. The molecular weight excluding hydrogens is 302 g/mol. The summed E-state index contributed by atoms with van der Waals surface area (Å²) in [6, 6.07) is 0. The highest BCUT2D eigenvalue weighted by Crippen LogP contribution is 2.38. The van der Waals surface area contributed by atoms with Crippen LogP contribution in [0.25, 0.3) is 0 Å². The van der Waals surface area contributed by atoms with E-state index in [1.54, 1.807) is 0 Å². The minimum absolute atomic E-state index is 0.0534. The number of aliphatic hydroxyl groups excluding tert-OH is 1. The predicted octanol–water partition coefficient (Wildman–Crippen LogP) is 5.33. The molecule has 0 heterocycles. The molecule has 4 nitrogen and oxygen atoms in total. The summed E-state index contributed by atoms with van der Waals surface area (Å²) in [6.07, 6.45) is 11.6. The Hall–Kier alpha value is -1.32. The molecule has 0 aromatic carbocycles. The Bertz CT molecular complexity index is 473. The molecular formula is C20H33NO3. The second kappa shape index (κ2) is 9.85. The van der Waals surface area contributed by atoms with Crippen molar-refractivity contribution in [2.75, 3.05) is 6.61 Å². The first-order valence-electron chi connectivity index (χ1n) is 9.81. The molecule has 24 heavy (non-hydrogen) atoms. The van der Waals surface area contributed by atoms with E-state index >= 15 is 0 Å². The zero-order chi connectivity index (χ0) is 17.4. The van der Waals surface area contributed by atoms with Crippen LogP contribution in [0.3, 0.4) is 0 Å². The standard InChI is InChI=1S/C20H33NO3/c1-3-10-17(21-24-4-2)20-18(22)13-16(14-19(20)23)15-11-8-6-5-7-9-12-15/h15-16,22H,3-14H2,1-2H3/b21-17-. The van der Waals surface area contributed by atoms with Crippen molar-refractivity contribution in [2.45, 2.75) is 84.5 Å². The fourth-order valence-electron chi connectivity index (χ4n) is 4.14. The molecule has 136 valence electrons. The van der Waals surface area contributed by atoms with Gasteiger partial charge in [-0.1, -0.05) is 63.4 Å². The number of allylic oxidation sites excluding steroid dienone is 2. The molecule has 1 unspecified atom stereocenters. The van der Waals surface area contributed by atoms with Crippen molar-refractivity contribution >= 4 is 11.5 Å². The van der Waals surface area contributed by atoms with Crippen LogP contribution in [-0.4, -0.2) is 23.2 Å². The number of rotatable bonds is 6. The summed E-state index contributed by atoms with van der Waals surface area (Å²) in [6.45, 7) is 4.39. The zero-order valence-electron chi connectivity index (χ0n) is 15.4. The smallest absolute Gasteiger partial charge is 0.168 e. The minimum Gasteiger partial charge on any atom is -0.511 e. The Morgan fingerprint density at radius 1 is 1.08 bits per heavy atom. The lowest BCUT2D eigenvalue weighted by atomic mass is 9.73. The van der Waals surface area contributed by atoms with E-state index in [1.807, 2.05) is 13.8 Å². The van der Waals surface area contributed by atoms with Crippen molar-refractivity contribution < 1.29 is 14.7 Å². The zero-order valence-corrected chi connectivity index (χ0v) is 15.4. The van der Waals surface area contributed by atoms with Gasteiger partial charge in [0.25, 0.3) is 0 Å². The average molecular weight is 335 g/mol. The maximum absolute atomic E-state index is 12.7. The molecule has 0 bridgehead atoms. The molecule has 2 rings (SSSR count). The fourth-order valence-corrected chi connectivity index (χ4v) is 4.14. The van der Waals surface area contributed by atoms with Crippen LogP contribution in [0.2, 0.25) is 0 Å². The molecule has 0 aromatic heterocycles. The Morgan fingerprint density at radius 3 is 2.33 bits per heavy atom. The molecule has 1 saturated carbocycles. The molecule has 0 spiro atoms. The van der Waals surface area contributed by atoms with Gasteiger partial charge in [0.2, 0.25) is 0 Å². The van der Waals surface area contributed by atoms with Gasteiger partial charge < -0.3 is 9.94 Å². The van der Waals surface area contributed by atoms with Gasteiger partial charge in [-0.2, -0.15) is 0 Å². The summed E-state index contributed by atoms with van der Waals surface area (Å²) < 4.78 is 0. The number of hydrogen-bond donors (Lipinski definition) is 1. The van der Waals surface area contributed by atoms with Gasteiger partial charge in [0.15, 0.2) is 5.78 Å². The number of carbonyl (C=O) groups is 1. The summed E-state index contributed by atoms with van der Waals surface area (Å²) in [7, 11) is 0. The molecule has 0 aromatic rings. The van der Waals surface area contributed by atoms with Gasteiger partial charge in [0.05, 0.1) is 11.3 Å². The van der Waals surface area contributed by atoms with Crippen molar-refractivity contribution in [3.63, 3.8) is 0 Å². The normalized spacial score (nSPS) is 24.7. The van der Waals surface area contributed by atoms with E-state index in [0.29, 0.717) is 49.0 Å². The Balaban J connectivity index is 2.13. The van der Waals surface area contributed by atoms with Gasteiger partial charge in [0, 0.05) is 12.8 Å². The van der Waals surface area contributed by atoms with Gasteiger partial charge in [0.1, 0.15) is 12.4 Å². The second-order valence-electron chi connectivity index (χ2n) is 7.22. The monoisotopic (exact) mass is 335 g/mol. The highest BCUT2D eigenvalue weighted by atomic mass is 16.6. The molecule has 0 saturated heterocycles. The molecule has 1 N–H and O–H groups in total. The van der Waals surface area contributed by atoms with Crippen molar-refractivity contribution in [3.8, 4) is 0 Å². The Morgan fingerprint density at radius 2 is 1.75 bits per heavy atom. The van der Waals surface area contributed by atoms with E-state index in [2.05, 4.69) is 5.16 Å². The maximum Gasteiger partial charge on any atom is 0.168 e. The number of Topliss-reactive ketones (excluding diaryl/α,β-unsaturated/α-hetero) is 1. The van der Waals surface area contributed by atoms with E-state index in [1.165, 1.54) is 44.9 Å². The van der Waals surface area contributed by atoms with Crippen LogP contribution < -0.4 is 0 Å². The summed E-state index contributed by atoms with van der Waals surface area (Å²) in [5, 5.41) is 14.7. The van der Waals surface area contributed by atoms with Crippen LogP contribution in [0.1, 0.15) is 84.5 Å². The Kier molecular flexibility index (Phi) is 7.80. The lowest BCUT2D eigenvalue weighted by molar-refractivity contribution is -0.117. The summed E-state index contributed by atoms with van der Waals surface area (Å²) >= 11 is 0. The van der Waals surface area contributed by atoms with Crippen molar-refractivity contribution in [2.24, 2.45) is 17.0 Å². The Labute approximate surface area is 146 Å². The fraction of sp³-hybridized carbons (Fsp3) is 0.800. The van der Waals surface area contributed by atoms with E-state index in [-0.39, 0.29) is 11.5 Å². The summed E-state index contributed by atoms with van der Waals surface area (Å²) in [4.78, 5) is 17.9. The molecule has 0 amide bonds. The number of carbonyl (C=O) groups excluding carboxylic acids is 1. The number of ketones is 1. The third-order valence-electron chi connectivity index (χ3n) is 5.37. The molecule has 2 aliphatic carbocycles. The van der Waals surface area contributed by atoms with Gasteiger partial charge >= 0.3 is 0 Å². The van der Waals surface area contributed by atoms with Gasteiger partial charge in [-0.25, -0.2) is 0 Å². The highest BCUT2D eigenvalue weighted by Gasteiger charge is 2.34. The minimum atomic E-state index is 0.0534. The van der Waals surface area contributed by atoms with Gasteiger partial charge in [-0.15, -0.1) is 0 Å². The quantitative estimate of drug-likeness (QED) is 0.527. The number of aliphatic hydroxyl groups is 1. The molecule has 1 fully saturated rings. The van der Waals surface area contributed by atoms with E-state index in [0.717, 1.165) is 6.42 Å². The van der Waals surface area contributed by atoms with Gasteiger partial charge in [-0.05, 0) is 25.2 Å². The molecule has 4 heteroatoms.